The first kappa shape index (κ1) is 17.5. The zero-order valence-corrected chi connectivity index (χ0v) is 16.4. The van der Waals surface area contributed by atoms with E-state index >= 15 is 0 Å². The van der Waals surface area contributed by atoms with E-state index in [0.717, 1.165) is 49.4 Å². The molecule has 0 aliphatic carbocycles. The largest absolute Gasteiger partial charge is 0.356 e. The average molecular weight is 355 g/mol. The van der Waals surface area contributed by atoms with Crippen LogP contribution in [0.25, 0.3) is 0 Å². The van der Waals surface area contributed by atoms with E-state index in [4.69, 9.17) is 0 Å². The molecule has 0 spiro atoms. The highest BCUT2D eigenvalue weighted by molar-refractivity contribution is 5.42. The molecule has 0 radical (unpaired) electrons. The van der Waals surface area contributed by atoms with Gasteiger partial charge >= 0.3 is 0 Å². The van der Waals surface area contributed by atoms with Crippen molar-refractivity contribution < 1.29 is 0 Å². The minimum absolute atomic E-state index is 0.0654. The van der Waals surface area contributed by atoms with Gasteiger partial charge in [0.1, 0.15) is 12.1 Å². The Morgan fingerprint density at radius 1 is 1.08 bits per heavy atom. The second-order valence-electron chi connectivity index (χ2n) is 8.94. The standard InChI is InChI=1S/C20H30N6/c1-20(2,3)18-7-19(23-13-22-18)26-11-15-9-25(10-16(15)12-26)6-5-17-8-21-14-24(17)4/h7-8,13-16H,5-6,9-12H2,1-4H3. The Balaban J connectivity index is 1.34. The van der Waals surface area contributed by atoms with Gasteiger partial charge in [-0.05, 0) is 11.8 Å². The van der Waals surface area contributed by atoms with Gasteiger partial charge in [0.05, 0.1) is 12.0 Å². The summed E-state index contributed by atoms with van der Waals surface area (Å²) in [6, 6.07) is 2.18. The van der Waals surface area contributed by atoms with Gasteiger partial charge in [-0.25, -0.2) is 15.0 Å². The third-order valence-electron chi connectivity index (χ3n) is 5.91. The molecule has 0 saturated carbocycles. The summed E-state index contributed by atoms with van der Waals surface area (Å²) in [5.41, 5.74) is 2.51. The molecule has 2 fully saturated rings. The van der Waals surface area contributed by atoms with Crippen LogP contribution in [0.2, 0.25) is 0 Å². The van der Waals surface area contributed by atoms with Crippen molar-refractivity contribution in [2.45, 2.75) is 32.6 Å². The van der Waals surface area contributed by atoms with Gasteiger partial charge in [0.2, 0.25) is 0 Å². The number of aryl methyl sites for hydroxylation is 1. The first-order valence-corrected chi connectivity index (χ1v) is 9.65. The lowest BCUT2D eigenvalue weighted by atomic mass is 9.92. The van der Waals surface area contributed by atoms with Gasteiger partial charge < -0.3 is 14.4 Å². The predicted octanol–water partition coefficient (Wildman–Crippen LogP) is 2.12. The van der Waals surface area contributed by atoms with Crippen molar-refractivity contribution in [2.75, 3.05) is 37.6 Å². The maximum Gasteiger partial charge on any atom is 0.132 e. The monoisotopic (exact) mass is 354 g/mol. The molecular weight excluding hydrogens is 324 g/mol. The lowest BCUT2D eigenvalue weighted by Gasteiger charge is -2.24. The van der Waals surface area contributed by atoms with Crippen molar-refractivity contribution in [1.82, 2.24) is 24.4 Å². The number of aromatic nitrogens is 4. The summed E-state index contributed by atoms with van der Waals surface area (Å²) in [5, 5.41) is 0. The van der Waals surface area contributed by atoms with Gasteiger partial charge in [-0.3, -0.25) is 0 Å². The molecule has 2 saturated heterocycles. The van der Waals surface area contributed by atoms with Crippen LogP contribution in [0.15, 0.2) is 24.9 Å². The van der Waals surface area contributed by atoms with Crippen LogP contribution >= 0.6 is 0 Å². The summed E-state index contributed by atoms with van der Waals surface area (Å²) in [6.07, 6.45) is 6.69. The van der Waals surface area contributed by atoms with E-state index in [-0.39, 0.29) is 5.41 Å². The smallest absolute Gasteiger partial charge is 0.132 e. The number of hydrogen-bond acceptors (Lipinski definition) is 5. The molecule has 2 atom stereocenters. The Kier molecular flexibility index (Phi) is 4.47. The van der Waals surface area contributed by atoms with Gasteiger partial charge in [-0.2, -0.15) is 0 Å². The van der Waals surface area contributed by atoms with Crippen LogP contribution in [0.1, 0.15) is 32.2 Å². The normalized spacial score (nSPS) is 23.6. The van der Waals surface area contributed by atoms with E-state index in [2.05, 4.69) is 63.2 Å². The number of anilines is 1. The Morgan fingerprint density at radius 2 is 1.81 bits per heavy atom. The van der Waals surface area contributed by atoms with Gasteiger partial charge in [0.25, 0.3) is 0 Å². The molecule has 2 aromatic heterocycles. The quantitative estimate of drug-likeness (QED) is 0.842. The minimum atomic E-state index is 0.0654. The van der Waals surface area contributed by atoms with E-state index < -0.39 is 0 Å². The molecule has 2 aromatic rings. The highest BCUT2D eigenvalue weighted by atomic mass is 15.3. The van der Waals surface area contributed by atoms with Crippen molar-refractivity contribution in [3.63, 3.8) is 0 Å². The highest BCUT2D eigenvalue weighted by Crippen LogP contribution is 2.34. The lowest BCUT2D eigenvalue weighted by molar-refractivity contribution is 0.318. The molecule has 6 nitrogen and oxygen atoms in total. The van der Waals surface area contributed by atoms with Crippen LogP contribution in [-0.2, 0) is 18.9 Å². The topological polar surface area (TPSA) is 50.1 Å². The summed E-state index contributed by atoms with van der Waals surface area (Å²) in [5.74, 6) is 2.62. The fourth-order valence-corrected chi connectivity index (χ4v) is 4.29. The molecule has 0 bridgehead atoms. The summed E-state index contributed by atoms with van der Waals surface area (Å²) in [7, 11) is 2.08. The Bertz CT molecular complexity index is 748. The summed E-state index contributed by atoms with van der Waals surface area (Å²) in [4.78, 5) is 18.3. The lowest BCUT2D eigenvalue weighted by Crippen LogP contribution is -2.31. The van der Waals surface area contributed by atoms with Crippen molar-refractivity contribution >= 4 is 5.82 Å². The third-order valence-corrected chi connectivity index (χ3v) is 5.91. The molecule has 0 amide bonds. The fraction of sp³-hybridized carbons (Fsp3) is 0.650. The van der Waals surface area contributed by atoms with E-state index in [9.17, 15) is 0 Å². The zero-order valence-electron chi connectivity index (χ0n) is 16.4. The number of rotatable bonds is 4. The molecule has 4 rings (SSSR count). The second-order valence-corrected chi connectivity index (χ2v) is 8.94. The highest BCUT2D eigenvalue weighted by Gasteiger charge is 2.40. The van der Waals surface area contributed by atoms with Crippen LogP contribution < -0.4 is 4.90 Å². The minimum Gasteiger partial charge on any atom is -0.356 e. The first-order valence-electron chi connectivity index (χ1n) is 9.65. The van der Waals surface area contributed by atoms with Gasteiger partial charge in [-0.1, -0.05) is 20.8 Å². The summed E-state index contributed by atoms with van der Waals surface area (Å²) >= 11 is 0. The third kappa shape index (κ3) is 3.47. The summed E-state index contributed by atoms with van der Waals surface area (Å²) in [6.45, 7) is 12.4. The SMILES string of the molecule is Cn1cncc1CCN1CC2CN(c3cc(C(C)(C)C)ncn3)CC2C1. The van der Waals surface area contributed by atoms with Gasteiger partial charge in [0.15, 0.2) is 0 Å². The Labute approximate surface area is 156 Å². The van der Waals surface area contributed by atoms with Crippen LogP contribution in [0.3, 0.4) is 0 Å². The molecular formula is C20H30N6. The van der Waals surface area contributed by atoms with E-state index in [1.807, 2.05) is 12.5 Å². The molecule has 6 heteroatoms. The van der Waals surface area contributed by atoms with Gasteiger partial charge in [-0.15, -0.1) is 0 Å². The van der Waals surface area contributed by atoms with E-state index in [1.54, 1.807) is 6.33 Å². The van der Waals surface area contributed by atoms with Crippen molar-refractivity contribution in [3.8, 4) is 0 Å². The van der Waals surface area contributed by atoms with Crippen molar-refractivity contribution in [1.29, 1.82) is 0 Å². The Hall–Kier alpha value is -1.95. The van der Waals surface area contributed by atoms with Crippen LogP contribution in [0, 0.1) is 11.8 Å². The van der Waals surface area contributed by atoms with Gasteiger partial charge in [0, 0.05) is 69.6 Å². The Morgan fingerprint density at radius 3 is 2.42 bits per heavy atom. The second kappa shape index (κ2) is 6.65. The molecule has 140 valence electrons. The molecule has 2 unspecified atom stereocenters. The van der Waals surface area contributed by atoms with Crippen molar-refractivity contribution in [3.05, 3.63) is 36.3 Å². The number of imidazole rings is 1. The maximum absolute atomic E-state index is 4.55. The number of nitrogens with zero attached hydrogens (tertiary/aromatic N) is 6. The average Bonchev–Trinajstić information content (AvgIpc) is 3.26. The van der Waals surface area contributed by atoms with Crippen LogP contribution in [0.5, 0.6) is 0 Å². The van der Waals surface area contributed by atoms with E-state index in [0.29, 0.717) is 0 Å². The fourth-order valence-electron chi connectivity index (χ4n) is 4.29. The number of hydrogen-bond donors (Lipinski definition) is 0. The molecule has 0 N–H and O–H groups in total. The number of fused-ring (bicyclic) bond motifs is 1. The molecule has 26 heavy (non-hydrogen) atoms. The maximum atomic E-state index is 4.55. The van der Waals surface area contributed by atoms with Crippen LogP contribution in [0.4, 0.5) is 5.82 Å². The first-order chi connectivity index (χ1) is 12.4. The molecule has 0 aromatic carbocycles. The zero-order chi connectivity index (χ0) is 18.3. The van der Waals surface area contributed by atoms with E-state index in [1.165, 1.54) is 18.8 Å². The van der Waals surface area contributed by atoms with Crippen molar-refractivity contribution in [2.24, 2.45) is 18.9 Å². The number of likely N-dealkylation sites (tertiary alicyclic amines) is 1. The molecule has 4 heterocycles. The molecule has 2 aliphatic rings. The summed E-state index contributed by atoms with van der Waals surface area (Å²) < 4.78 is 2.13. The molecule has 2 aliphatic heterocycles. The predicted molar refractivity (Wildman–Crippen MR) is 103 cm³/mol. The van der Waals surface area contributed by atoms with Crippen LogP contribution in [-0.4, -0.2) is 57.1 Å².